The average Bonchev–Trinajstić information content (AvgIpc) is 2.62. The zero-order valence-corrected chi connectivity index (χ0v) is 12.0. The summed E-state index contributed by atoms with van der Waals surface area (Å²) in [5.74, 6) is 0. The second-order valence-corrected chi connectivity index (χ2v) is 5.90. The molecule has 0 saturated carbocycles. The fraction of sp³-hybridized carbons (Fsp3) is 0.786. The first-order valence-corrected chi connectivity index (χ1v) is 6.59. The molecule has 17 heavy (non-hydrogen) atoms. The summed E-state index contributed by atoms with van der Waals surface area (Å²) in [6.07, 6.45) is 6.78. The van der Waals surface area contributed by atoms with Crippen LogP contribution in [-0.4, -0.2) is 22.9 Å². The lowest BCUT2D eigenvalue weighted by Crippen LogP contribution is -2.37. The van der Waals surface area contributed by atoms with Crippen LogP contribution in [0.5, 0.6) is 0 Å². The molecule has 1 atom stereocenters. The van der Waals surface area contributed by atoms with Crippen molar-refractivity contribution in [2.75, 3.05) is 7.05 Å². The van der Waals surface area contributed by atoms with Crippen LogP contribution in [-0.2, 0) is 13.5 Å². The van der Waals surface area contributed by atoms with Gasteiger partial charge in [0.05, 0.1) is 0 Å². The van der Waals surface area contributed by atoms with Gasteiger partial charge in [0, 0.05) is 25.0 Å². The van der Waals surface area contributed by atoms with Gasteiger partial charge >= 0.3 is 0 Å². The van der Waals surface area contributed by atoms with E-state index < -0.39 is 0 Å². The van der Waals surface area contributed by atoms with Gasteiger partial charge in [-0.3, -0.25) is 4.68 Å². The molecule has 1 aromatic rings. The Balaban J connectivity index is 2.26. The van der Waals surface area contributed by atoms with Gasteiger partial charge in [-0.1, -0.05) is 27.2 Å². The molecule has 3 heteroatoms. The van der Waals surface area contributed by atoms with Gasteiger partial charge in [0.2, 0.25) is 0 Å². The van der Waals surface area contributed by atoms with Crippen molar-refractivity contribution in [3.05, 3.63) is 18.0 Å². The summed E-state index contributed by atoms with van der Waals surface area (Å²) in [7, 11) is 4.08. The highest BCUT2D eigenvalue weighted by Gasteiger charge is 2.21. The number of rotatable bonds is 6. The van der Waals surface area contributed by atoms with E-state index in [1.807, 2.05) is 17.9 Å². The smallest absolute Gasteiger partial charge is 0.0492 e. The van der Waals surface area contributed by atoms with E-state index in [4.69, 9.17) is 0 Å². The largest absolute Gasteiger partial charge is 0.316 e. The van der Waals surface area contributed by atoms with Gasteiger partial charge in [-0.15, -0.1) is 0 Å². The number of nitrogens with one attached hydrogen (secondary N) is 1. The summed E-state index contributed by atoms with van der Waals surface area (Å²) in [5.41, 5.74) is 1.68. The Kier molecular flexibility index (Phi) is 5.19. The summed E-state index contributed by atoms with van der Waals surface area (Å²) < 4.78 is 1.97. The topological polar surface area (TPSA) is 29.9 Å². The number of unbranched alkanes of at least 4 members (excludes halogenated alkanes) is 1. The number of nitrogens with zero attached hydrogens (tertiary/aromatic N) is 2. The van der Waals surface area contributed by atoms with Crippen LogP contribution in [0.25, 0.3) is 0 Å². The molecule has 1 aromatic heterocycles. The Morgan fingerprint density at radius 3 is 2.53 bits per heavy atom. The van der Waals surface area contributed by atoms with Crippen LogP contribution in [0.3, 0.4) is 0 Å². The molecule has 1 heterocycles. The maximum Gasteiger partial charge on any atom is 0.0492 e. The van der Waals surface area contributed by atoms with Gasteiger partial charge in [0.25, 0.3) is 0 Å². The van der Waals surface area contributed by atoms with Crippen molar-refractivity contribution in [3.63, 3.8) is 0 Å². The summed E-state index contributed by atoms with van der Waals surface area (Å²) in [6.45, 7) is 6.90. The standard InChI is InChI=1S/C14H27N3/c1-14(2,3)13(15-4)9-7-6-8-12-10-11-16-17(12)5/h10-11,13,15H,6-9H2,1-5H3. The van der Waals surface area contributed by atoms with Gasteiger partial charge in [-0.2, -0.15) is 5.10 Å². The fourth-order valence-electron chi connectivity index (χ4n) is 2.31. The highest BCUT2D eigenvalue weighted by Crippen LogP contribution is 2.23. The molecule has 1 rings (SSSR count). The molecule has 1 N–H and O–H groups in total. The van der Waals surface area contributed by atoms with E-state index in [0.29, 0.717) is 11.5 Å². The number of hydrogen-bond donors (Lipinski definition) is 1. The van der Waals surface area contributed by atoms with E-state index in [1.54, 1.807) is 0 Å². The van der Waals surface area contributed by atoms with Crippen LogP contribution in [0, 0.1) is 5.41 Å². The van der Waals surface area contributed by atoms with Crippen molar-refractivity contribution in [2.45, 2.75) is 52.5 Å². The van der Waals surface area contributed by atoms with E-state index in [2.05, 4.69) is 44.3 Å². The minimum absolute atomic E-state index is 0.348. The molecule has 0 bridgehead atoms. The molecule has 0 fully saturated rings. The van der Waals surface area contributed by atoms with E-state index in [-0.39, 0.29) is 0 Å². The Labute approximate surface area is 106 Å². The molecule has 0 saturated heterocycles. The van der Waals surface area contributed by atoms with E-state index in [9.17, 15) is 0 Å². The number of aryl methyl sites for hydroxylation is 2. The summed E-state index contributed by atoms with van der Waals surface area (Å²) in [5, 5.41) is 7.62. The van der Waals surface area contributed by atoms with Crippen molar-refractivity contribution < 1.29 is 0 Å². The predicted octanol–water partition coefficient (Wildman–Crippen LogP) is 2.77. The van der Waals surface area contributed by atoms with Crippen LogP contribution in [0.15, 0.2) is 12.3 Å². The van der Waals surface area contributed by atoms with Crippen molar-refractivity contribution in [1.29, 1.82) is 0 Å². The summed E-state index contributed by atoms with van der Waals surface area (Å²) >= 11 is 0. The molecule has 0 amide bonds. The normalized spacial score (nSPS) is 13.9. The van der Waals surface area contributed by atoms with Gasteiger partial charge in [-0.25, -0.2) is 0 Å². The quantitative estimate of drug-likeness (QED) is 0.771. The molecule has 0 aliphatic rings. The van der Waals surface area contributed by atoms with Crippen LogP contribution < -0.4 is 5.32 Å². The predicted molar refractivity (Wildman–Crippen MR) is 73.1 cm³/mol. The SMILES string of the molecule is CNC(CCCCc1ccnn1C)C(C)(C)C. The number of hydrogen-bond acceptors (Lipinski definition) is 2. The van der Waals surface area contributed by atoms with Crippen LogP contribution >= 0.6 is 0 Å². The highest BCUT2D eigenvalue weighted by molar-refractivity contribution is 4.99. The third-order valence-corrected chi connectivity index (χ3v) is 3.49. The Bertz CT molecular complexity index is 322. The summed E-state index contributed by atoms with van der Waals surface area (Å²) in [4.78, 5) is 0. The van der Waals surface area contributed by atoms with Crippen LogP contribution in [0.1, 0.15) is 45.7 Å². The van der Waals surface area contributed by atoms with Gasteiger partial charge < -0.3 is 5.32 Å². The van der Waals surface area contributed by atoms with E-state index in [0.717, 1.165) is 6.42 Å². The van der Waals surface area contributed by atoms with E-state index >= 15 is 0 Å². The second-order valence-electron chi connectivity index (χ2n) is 5.90. The van der Waals surface area contributed by atoms with E-state index in [1.165, 1.54) is 25.0 Å². The first-order chi connectivity index (χ1) is 7.95. The molecule has 0 radical (unpaired) electrons. The van der Waals surface area contributed by atoms with Gasteiger partial charge in [-0.05, 0) is 37.8 Å². The monoisotopic (exact) mass is 237 g/mol. The summed E-state index contributed by atoms with van der Waals surface area (Å²) in [6, 6.07) is 2.72. The van der Waals surface area contributed by atoms with Crippen LogP contribution in [0.4, 0.5) is 0 Å². The minimum atomic E-state index is 0.348. The van der Waals surface area contributed by atoms with Gasteiger partial charge in [0.1, 0.15) is 0 Å². The zero-order valence-electron chi connectivity index (χ0n) is 12.0. The zero-order chi connectivity index (χ0) is 12.9. The van der Waals surface area contributed by atoms with Crippen molar-refractivity contribution in [3.8, 4) is 0 Å². The molecule has 0 aliphatic carbocycles. The molecular formula is C14H27N3. The Morgan fingerprint density at radius 1 is 1.35 bits per heavy atom. The first kappa shape index (κ1) is 14.2. The van der Waals surface area contributed by atoms with Crippen molar-refractivity contribution >= 4 is 0 Å². The minimum Gasteiger partial charge on any atom is -0.316 e. The van der Waals surface area contributed by atoms with Crippen LogP contribution in [0.2, 0.25) is 0 Å². The third-order valence-electron chi connectivity index (χ3n) is 3.49. The Hall–Kier alpha value is -0.830. The van der Waals surface area contributed by atoms with Crippen molar-refractivity contribution in [1.82, 2.24) is 15.1 Å². The molecule has 0 aliphatic heterocycles. The molecule has 0 aromatic carbocycles. The highest BCUT2D eigenvalue weighted by atomic mass is 15.2. The maximum absolute atomic E-state index is 4.19. The lowest BCUT2D eigenvalue weighted by atomic mass is 9.84. The fourth-order valence-corrected chi connectivity index (χ4v) is 2.31. The lowest BCUT2D eigenvalue weighted by molar-refractivity contribution is 0.262. The molecule has 0 spiro atoms. The third kappa shape index (κ3) is 4.50. The average molecular weight is 237 g/mol. The lowest BCUT2D eigenvalue weighted by Gasteiger charge is -2.30. The molecule has 98 valence electrons. The second kappa shape index (κ2) is 6.20. The molecular weight excluding hydrogens is 210 g/mol. The maximum atomic E-state index is 4.19. The Morgan fingerprint density at radius 2 is 2.06 bits per heavy atom. The molecule has 3 nitrogen and oxygen atoms in total. The van der Waals surface area contributed by atoms with Crippen molar-refractivity contribution in [2.24, 2.45) is 12.5 Å². The number of aromatic nitrogens is 2. The van der Waals surface area contributed by atoms with Gasteiger partial charge in [0.15, 0.2) is 0 Å². The molecule has 1 unspecified atom stereocenters. The first-order valence-electron chi connectivity index (χ1n) is 6.59.